The molecular formula is C10H13NO2S. The number of rotatable bonds is 3. The molecule has 0 unspecified atom stereocenters. The molecule has 0 aliphatic heterocycles. The van der Waals surface area contributed by atoms with Crippen molar-refractivity contribution in [1.82, 2.24) is 0 Å². The van der Waals surface area contributed by atoms with Crippen molar-refractivity contribution in [3.05, 3.63) is 23.8 Å². The molecule has 0 heterocycles. The molecule has 0 bridgehead atoms. The van der Waals surface area contributed by atoms with Crippen LogP contribution >= 0.6 is 11.8 Å². The van der Waals surface area contributed by atoms with Crippen molar-refractivity contribution in [2.45, 2.75) is 4.90 Å². The fourth-order valence-electron chi connectivity index (χ4n) is 1.15. The molecule has 3 nitrogen and oxygen atoms in total. The van der Waals surface area contributed by atoms with Gasteiger partial charge in [-0.15, -0.1) is 11.8 Å². The number of hydrogen-bond acceptors (Lipinski definition) is 4. The van der Waals surface area contributed by atoms with E-state index in [9.17, 15) is 4.79 Å². The van der Waals surface area contributed by atoms with E-state index < -0.39 is 0 Å². The van der Waals surface area contributed by atoms with Crippen molar-refractivity contribution in [2.75, 3.05) is 25.7 Å². The minimum atomic E-state index is -0.311. The number of ether oxygens (including phenoxy) is 1. The maximum absolute atomic E-state index is 11.2. The van der Waals surface area contributed by atoms with Crippen LogP contribution in [0.4, 0.5) is 5.69 Å². The van der Waals surface area contributed by atoms with E-state index in [4.69, 9.17) is 0 Å². The van der Waals surface area contributed by atoms with Crippen LogP contribution in [0.2, 0.25) is 0 Å². The fourth-order valence-corrected chi connectivity index (χ4v) is 1.73. The lowest BCUT2D eigenvalue weighted by Gasteiger charge is -2.08. The van der Waals surface area contributed by atoms with Crippen molar-refractivity contribution in [2.24, 2.45) is 0 Å². The predicted molar refractivity (Wildman–Crippen MR) is 59.1 cm³/mol. The zero-order valence-corrected chi connectivity index (χ0v) is 9.27. The Balaban J connectivity index is 3.07. The standard InChI is InChI=1S/C10H13NO2S/c1-11-8-6-7(10(12)13-2)4-5-9(8)14-3/h4-6,11H,1-3H3. The molecule has 0 saturated heterocycles. The normalized spacial score (nSPS) is 9.64. The number of benzene rings is 1. The molecule has 0 radical (unpaired) electrons. The van der Waals surface area contributed by atoms with Crippen LogP contribution < -0.4 is 5.32 Å². The third kappa shape index (κ3) is 2.20. The van der Waals surface area contributed by atoms with Gasteiger partial charge in [0.15, 0.2) is 0 Å². The first-order valence-electron chi connectivity index (χ1n) is 4.17. The van der Waals surface area contributed by atoms with Gasteiger partial charge < -0.3 is 10.1 Å². The topological polar surface area (TPSA) is 38.3 Å². The van der Waals surface area contributed by atoms with E-state index in [1.54, 1.807) is 23.9 Å². The first kappa shape index (κ1) is 10.9. The molecule has 0 aromatic heterocycles. The summed E-state index contributed by atoms with van der Waals surface area (Å²) >= 11 is 1.63. The zero-order chi connectivity index (χ0) is 10.6. The molecule has 0 atom stereocenters. The van der Waals surface area contributed by atoms with Crippen LogP contribution in [-0.4, -0.2) is 26.4 Å². The van der Waals surface area contributed by atoms with Gasteiger partial charge in [0.1, 0.15) is 0 Å². The molecule has 76 valence electrons. The summed E-state index contributed by atoms with van der Waals surface area (Å²) < 4.78 is 4.64. The van der Waals surface area contributed by atoms with Crippen LogP contribution in [0.25, 0.3) is 0 Å². The third-order valence-corrected chi connectivity index (χ3v) is 2.69. The maximum Gasteiger partial charge on any atom is 0.337 e. The van der Waals surface area contributed by atoms with E-state index in [2.05, 4.69) is 10.1 Å². The summed E-state index contributed by atoms with van der Waals surface area (Å²) in [5.41, 5.74) is 1.51. The summed E-state index contributed by atoms with van der Waals surface area (Å²) in [7, 11) is 3.21. The van der Waals surface area contributed by atoms with Crippen molar-refractivity contribution in [1.29, 1.82) is 0 Å². The smallest absolute Gasteiger partial charge is 0.337 e. The van der Waals surface area contributed by atoms with E-state index in [1.807, 2.05) is 19.4 Å². The van der Waals surface area contributed by atoms with Gasteiger partial charge in [-0.25, -0.2) is 4.79 Å². The van der Waals surface area contributed by atoms with Gasteiger partial charge in [-0.1, -0.05) is 0 Å². The van der Waals surface area contributed by atoms with Crippen molar-refractivity contribution in [3.8, 4) is 0 Å². The predicted octanol–water partition coefficient (Wildman–Crippen LogP) is 2.24. The Labute approximate surface area is 87.8 Å². The molecule has 1 aromatic rings. The first-order chi connectivity index (χ1) is 6.72. The molecule has 1 aromatic carbocycles. The number of anilines is 1. The van der Waals surface area contributed by atoms with Gasteiger partial charge in [0.25, 0.3) is 0 Å². The Morgan fingerprint density at radius 1 is 1.50 bits per heavy atom. The van der Waals surface area contributed by atoms with E-state index in [-0.39, 0.29) is 5.97 Å². The summed E-state index contributed by atoms with van der Waals surface area (Å²) in [5, 5.41) is 3.04. The summed E-state index contributed by atoms with van der Waals surface area (Å²) in [5.74, 6) is -0.311. The average molecular weight is 211 g/mol. The number of esters is 1. The quantitative estimate of drug-likeness (QED) is 0.614. The SMILES string of the molecule is CNc1cc(C(=O)OC)ccc1SC. The highest BCUT2D eigenvalue weighted by Crippen LogP contribution is 2.26. The van der Waals surface area contributed by atoms with Crippen molar-refractivity contribution in [3.63, 3.8) is 0 Å². The second-order valence-electron chi connectivity index (χ2n) is 2.66. The van der Waals surface area contributed by atoms with Gasteiger partial charge in [-0.05, 0) is 24.5 Å². The summed E-state index contributed by atoms with van der Waals surface area (Å²) in [6.07, 6.45) is 1.99. The zero-order valence-electron chi connectivity index (χ0n) is 8.46. The monoisotopic (exact) mass is 211 g/mol. The molecule has 0 saturated carbocycles. The molecule has 0 amide bonds. The molecule has 4 heteroatoms. The first-order valence-corrected chi connectivity index (χ1v) is 5.39. The second-order valence-corrected chi connectivity index (χ2v) is 3.50. The van der Waals surface area contributed by atoms with Crippen LogP contribution in [0.5, 0.6) is 0 Å². The highest BCUT2D eigenvalue weighted by atomic mass is 32.2. The largest absolute Gasteiger partial charge is 0.465 e. The van der Waals surface area contributed by atoms with Gasteiger partial charge >= 0.3 is 5.97 Å². The number of carbonyl (C=O) groups excluding carboxylic acids is 1. The molecule has 1 rings (SSSR count). The average Bonchev–Trinajstić information content (AvgIpc) is 2.26. The Morgan fingerprint density at radius 2 is 2.21 bits per heavy atom. The lowest BCUT2D eigenvalue weighted by Crippen LogP contribution is -2.02. The Kier molecular flexibility index (Phi) is 3.83. The van der Waals surface area contributed by atoms with E-state index in [0.717, 1.165) is 10.6 Å². The Bertz CT molecular complexity index is 339. The molecule has 0 aliphatic carbocycles. The van der Waals surface area contributed by atoms with Crippen LogP contribution in [0, 0.1) is 0 Å². The lowest BCUT2D eigenvalue weighted by molar-refractivity contribution is 0.0600. The van der Waals surface area contributed by atoms with E-state index in [1.165, 1.54) is 7.11 Å². The number of nitrogens with one attached hydrogen (secondary N) is 1. The molecule has 14 heavy (non-hydrogen) atoms. The third-order valence-electron chi connectivity index (χ3n) is 1.89. The van der Waals surface area contributed by atoms with E-state index in [0.29, 0.717) is 5.56 Å². The van der Waals surface area contributed by atoms with Crippen LogP contribution in [-0.2, 0) is 4.74 Å². The van der Waals surface area contributed by atoms with E-state index >= 15 is 0 Å². The van der Waals surface area contributed by atoms with Gasteiger partial charge in [0.2, 0.25) is 0 Å². The second kappa shape index (κ2) is 4.91. The van der Waals surface area contributed by atoms with Crippen LogP contribution in [0.3, 0.4) is 0 Å². The molecule has 0 spiro atoms. The van der Waals surface area contributed by atoms with Gasteiger partial charge in [0.05, 0.1) is 12.7 Å². The fraction of sp³-hybridized carbons (Fsp3) is 0.300. The number of thioether (sulfide) groups is 1. The number of carbonyl (C=O) groups is 1. The lowest BCUT2D eigenvalue weighted by atomic mass is 10.2. The highest BCUT2D eigenvalue weighted by Gasteiger charge is 2.07. The van der Waals surface area contributed by atoms with Crippen molar-refractivity contribution >= 4 is 23.4 Å². The number of hydrogen-bond donors (Lipinski definition) is 1. The highest BCUT2D eigenvalue weighted by molar-refractivity contribution is 7.98. The van der Waals surface area contributed by atoms with Crippen LogP contribution in [0.15, 0.2) is 23.1 Å². The van der Waals surface area contributed by atoms with Gasteiger partial charge in [0, 0.05) is 17.6 Å². The molecule has 0 fully saturated rings. The van der Waals surface area contributed by atoms with Gasteiger partial charge in [-0.3, -0.25) is 0 Å². The van der Waals surface area contributed by atoms with Gasteiger partial charge in [-0.2, -0.15) is 0 Å². The summed E-state index contributed by atoms with van der Waals surface area (Å²) in [6, 6.07) is 5.46. The Morgan fingerprint density at radius 3 is 2.71 bits per heavy atom. The maximum atomic E-state index is 11.2. The molecular weight excluding hydrogens is 198 g/mol. The minimum Gasteiger partial charge on any atom is -0.465 e. The van der Waals surface area contributed by atoms with Crippen molar-refractivity contribution < 1.29 is 9.53 Å². The number of methoxy groups -OCH3 is 1. The summed E-state index contributed by atoms with van der Waals surface area (Å²) in [4.78, 5) is 12.3. The minimum absolute atomic E-state index is 0.311. The Hall–Kier alpha value is -1.16. The molecule has 1 N–H and O–H groups in total. The molecule has 0 aliphatic rings. The van der Waals surface area contributed by atoms with Crippen LogP contribution in [0.1, 0.15) is 10.4 Å². The summed E-state index contributed by atoms with van der Waals surface area (Å²) in [6.45, 7) is 0.